The normalized spacial score (nSPS) is 10.2. The lowest BCUT2D eigenvalue weighted by molar-refractivity contribution is 0.0951. The third-order valence-corrected chi connectivity index (χ3v) is 3.39. The molecule has 0 saturated carbocycles. The molecule has 0 heterocycles. The van der Waals surface area contributed by atoms with E-state index in [2.05, 4.69) is 5.32 Å². The molecule has 0 bridgehead atoms. The summed E-state index contributed by atoms with van der Waals surface area (Å²) in [5.41, 5.74) is 2.53. The fraction of sp³-hybridized carbons (Fsp3) is 0.0714. The van der Waals surface area contributed by atoms with E-state index in [4.69, 9.17) is 23.2 Å². The van der Waals surface area contributed by atoms with Crippen molar-refractivity contribution in [3.8, 4) is 0 Å². The van der Waals surface area contributed by atoms with E-state index in [1.165, 1.54) is 5.46 Å². The summed E-state index contributed by atoms with van der Waals surface area (Å²) in [7, 11) is 2.02. The van der Waals surface area contributed by atoms with Crippen molar-refractivity contribution in [2.24, 2.45) is 0 Å². The van der Waals surface area contributed by atoms with Gasteiger partial charge in [-0.25, -0.2) is 0 Å². The number of rotatable bonds is 3. The maximum Gasteiger partial charge on any atom is 0.254 e. The van der Waals surface area contributed by atoms with Gasteiger partial charge in [-0.2, -0.15) is 0 Å². The third kappa shape index (κ3) is 3.52. The molecule has 0 aliphatic heterocycles. The minimum Gasteiger partial charge on any atom is -0.348 e. The van der Waals surface area contributed by atoms with Crippen LogP contribution in [0.25, 0.3) is 0 Å². The largest absolute Gasteiger partial charge is 0.348 e. The number of halogens is 2. The van der Waals surface area contributed by atoms with Crippen molar-refractivity contribution in [2.75, 3.05) is 0 Å². The number of carbonyl (C=O) groups excluding carboxylic acids is 1. The van der Waals surface area contributed by atoms with Gasteiger partial charge in [0.25, 0.3) is 5.91 Å². The van der Waals surface area contributed by atoms with Gasteiger partial charge in [-0.15, -0.1) is 0 Å². The molecule has 0 atom stereocenters. The third-order valence-electron chi connectivity index (χ3n) is 2.76. The number of hydrogen-bond donors (Lipinski definition) is 1. The van der Waals surface area contributed by atoms with Crippen LogP contribution >= 0.6 is 23.2 Å². The van der Waals surface area contributed by atoms with Crippen LogP contribution in [0.5, 0.6) is 0 Å². The van der Waals surface area contributed by atoms with Gasteiger partial charge in [0.2, 0.25) is 0 Å². The van der Waals surface area contributed by atoms with Gasteiger partial charge >= 0.3 is 0 Å². The second-order valence-corrected chi connectivity index (χ2v) is 5.08. The van der Waals surface area contributed by atoms with Gasteiger partial charge in [0.05, 0.1) is 15.6 Å². The average Bonchev–Trinajstić information content (AvgIpc) is 2.38. The molecule has 0 aliphatic rings. The second kappa shape index (κ2) is 6.13. The van der Waals surface area contributed by atoms with Crippen LogP contribution in [0.15, 0.2) is 42.5 Å². The van der Waals surface area contributed by atoms with Crippen LogP contribution in [0.3, 0.4) is 0 Å². The van der Waals surface area contributed by atoms with Crippen molar-refractivity contribution in [1.82, 2.24) is 5.32 Å². The van der Waals surface area contributed by atoms with Gasteiger partial charge < -0.3 is 5.32 Å². The van der Waals surface area contributed by atoms with E-state index in [1.807, 2.05) is 32.1 Å². The zero-order valence-corrected chi connectivity index (χ0v) is 11.9. The lowest BCUT2D eigenvalue weighted by Gasteiger charge is -2.08. The van der Waals surface area contributed by atoms with Gasteiger partial charge in [-0.3, -0.25) is 4.79 Å². The van der Waals surface area contributed by atoms with Gasteiger partial charge in [0.15, 0.2) is 0 Å². The van der Waals surface area contributed by atoms with Crippen molar-refractivity contribution < 1.29 is 4.79 Å². The molecule has 0 unspecified atom stereocenters. The molecular weight excluding hydrogens is 280 g/mol. The summed E-state index contributed by atoms with van der Waals surface area (Å²) < 4.78 is 0. The molecule has 2 nitrogen and oxygen atoms in total. The standard InChI is InChI=1S/C14H12BCl2NO/c15-10-6-4-9(5-7-10)8-18-14(19)13-11(16)2-1-3-12(13)17/h1-7H,8,15H2,(H,18,19). The maximum absolute atomic E-state index is 12.0. The first-order chi connectivity index (χ1) is 9.08. The maximum atomic E-state index is 12.0. The zero-order chi connectivity index (χ0) is 13.8. The molecule has 2 rings (SSSR count). The predicted octanol–water partition coefficient (Wildman–Crippen LogP) is 2.18. The average molecular weight is 292 g/mol. The summed E-state index contributed by atoms with van der Waals surface area (Å²) >= 11 is 12.0. The van der Waals surface area contributed by atoms with Crippen molar-refractivity contribution >= 4 is 42.4 Å². The summed E-state index contributed by atoms with van der Waals surface area (Å²) in [5, 5.41) is 3.52. The van der Waals surface area contributed by atoms with Crippen molar-refractivity contribution in [2.45, 2.75) is 6.54 Å². The molecular formula is C14H12BCl2NO. The Morgan fingerprint density at radius 1 is 1.05 bits per heavy atom. The monoisotopic (exact) mass is 291 g/mol. The Bertz CT molecular complexity index is 579. The van der Waals surface area contributed by atoms with E-state index in [9.17, 15) is 4.79 Å². The van der Waals surface area contributed by atoms with Crippen LogP contribution < -0.4 is 10.8 Å². The fourth-order valence-corrected chi connectivity index (χ4v) is 2.26. The number of nitrogens with one attached hydrogen (secondary N) is 1. The van der Waals surface area contributed by atoms with E-state index >= 15 is 0 Å². The molecule has 0 radical (unpaired) electrons. The topological polar surface area (TPSA) is 29.1 Å². The number of carbonyl (C=O) groups is 1. The first-order valence-electron chi connectivity index (χ1n) is 5.85. The zero-order valence-electron chi connectivity index (χ0n) is 10.4. The Kier molecular flexibility index (Phi) is 4.51. The lowest BCUT2D eigenvalue weighted by Crippen LogP contribution is -2.23. The molecule has 96 valence electrons. The van der Waals surface area contributed by atoms with Crippen LogP contribution in [0.2, 0.25) is 10.0 Å². The molecule has 5 heteroatoms. The molecule has 0 spiro atoms. The first-order valence-corrected chi connectivity index (χ1v) is 6.61. The van der Waals surface area contributed by atoms with Crippen LogP contribution in [-0.2, 0) is 6.54 Å². The lowest BCUT2D eigenvalue weighted by atomic mass is 9.95. The molecule has 0 aromatic heterocycles. The molecule has 2 aromatic rings. The van der Waals surface area contributed by atoms with Crippen molar-refractivity contribution in [1.29, 1.82) is 0 Å². The van der Waals surface area contributed by atoms with Crippen LogP contribution in [0, 0.1) is 0 Å². The van der Waals surface area contributed by atoms with Crippen LogP contribution in [0.4, 0.5) is 0 Å². The van der Waals surface area contributed by atoms with Gasteiger partial charge in [0, 0.05) is 6.54 Å². The summed E-state index contributed by atoms with van der Waals surface area (Å²) in [6, 6.07) is 13.0. The van der Waals surface area contributed by atoms with Gasteiger partial charge in [-0.1, -0.05) is 59.0 Å². The Morgan fingerprint density at radius 3 is 2.21 bits per heavy atom. The SMILES string of the molecule is Bc1ccc(CNC(=O)c2c(Cl)cccc2Cl)cc1. The number of hydrogen-bond acceptors (Lipinski definition) is 1. The highest BCUT2D eigenvalue weighted by molar-refractivity contribution is 6.39. The van der Waals surface area contributed by atoms with E-state index in [-0.39, 0.29) is 5.91 Å². The number of amides is 1. The molecule has 19 heavy (non-hydrogen) atoms. The van der Waals surface area contributed by atoms with Crippen molar-refractivity contribution in [3.63, 3.8) is 0 Å². The Labute approximate surface area is 123 Å². The highest BCUT2D eigenvalue weighted by Gasteiger charge is 2.13. The summed E-state index contributed by atoms with van der Waals surface area (Å²) in [4.78, 5) is 12.0. The van der Waals surface area contributed by atoms with E-state index in [0.29, 0.717) is 22.2 Å². The Hall–Kier alpha value is -1.45. The fourth-order valence-electron chi connectivity index (χ4n) is 1.69. The van der Waals surface area contributed by atoms with E-state index in [1.54, 1.807) is 18.2 Å². The van der Waals surface area contributed by atoms with Crippen LogP contribution in [-0.4, -0.2) is 13.8 Å². The number of benzene rings is 2. The Morgan fingerprint density at radius 2 is 1.63 bits per heavy atom. The molecule has 0 aliphatic carbocycles. The second-order valence-electron chi connectivity index (χ2n) is 4.26. The molecule has 1 amide bonds. The van der Waals surface area contributed by atoms with Crippen LogP contribution in [0.1, 0.15) is 15.9 Å². The van der Waals surface area contributed by atoms with Gasteiger partial charge in [-0.05, 0) is 17.7 Å². The summed E-state index contributed by atoms with van der Waals surface area (Å²) in [6.07, 6.45) is 0. The Balaban J connectivity index is 2.07. The van der Waals surface area contributed by atoms with E-state index in [0.717, 1.165) is 5.56 Å². The van der Waals surface area contributed by atoms with Gasteiger partial charge in [0.1, 0.15) is 7.85 Å². The minimum atomic E-state index is -0.267. The summed E-state index contributed by atoms with van der Waals surface area (Å²) in [6.45, 7) is 0.445. The van der Waals surface area contributed by atoms with Crippen molar-refractivity contribution in [3.05, 3.63) is 63.6 Å². The quantitative estimate of drug-likeness (QED) is 0.863. The molecule has 1 N–H and O–H groups in total. The summed E-state index contributed by atoms with van der Waals surface area (Å²) in [5.74, 6) is -0.267. The predicted molar refractivity (Wildman–Crippen MR) is 82.3 cm³/mol. The highest BCUT2D eigenvalue weighted by atomic mass is 35.5. The minimum absolute atomic E-state index is 0.267. The molecule has 0 fully saturated rings. The smallest absolute Gasteiger partial charge is 0.254 e. The molecule has 0 saturated heterocycles. The first kappa shape index (κ1) is 14.0. The highest BCUT2D eigenvalue weighted by Crippen LogP contribution is 2.23. The molecule has 2 aromatic carbocycles. The van der Waals surface area contributed by atoms with E-state index < -0.39 is 0 Å².